The van der Waals surface area contributed by atoms with Gasteiger partial charge in [-0.15, -0.1) is 0 Å². The van der Waals surface area contributed by atoms with E-state index in [1.165, 1.54) is 0 Å². The molecule has 0 fully saturated rings. The highest BCUT2D eigenvalue weighted by Crippen LogP contribution is 2.16. The third kappa shape index (κ3) is 4.57. The van der Waals surface area contributed by atoms with Crippen molar-refractivity contribution in [2.24, 2.45) is 0 Å². The van der Waals surface area contributed by atoms with Crippen LogP contribution < -0.4 is 15.6 Å². The molecular weight excluding hydrogens is 330 g/mol. The Morgan fingerprint density at radius 3 is 2.50 bits per heavy atom. The van der Waals surface area contributed by atoms with Crippen LogP contribution in [0.25, 0.3) is 10.9 Å². The van der Waals surface area contributed by atoms with Crippen LogP contribution in [0.2, 0.25) is 0 Å². The fraction of sp³-hybridized carbons (Fsp3) is 0.150. The maximum absolute atomic E-state index is 12.1. The first-order valence-electron chi connectivity index (χ1n) is 8.21. The fourth-order valence-corrected chi connectivity index (χ4v) is 2.49. The van der Waals surface area contributed by atoms with Gasteiger partial charge >= 0.3 is 0 Å². The molecule has 26 heavy (non-hydrogen) atoms. The Morgan fingerprint density at radius 2 is 1.69 bits per heavy atom. The minimum atomic E-state index is -0.435. The van der Waals surface area contributed by atoms with E-state index < -0.39 is 5.91 Å². The Morgan fingerprint density at radius 1 is 0.962 bits per heavy atom. The van der Waals surface area contributed by atoms with Crippen LogP contribution in [-0.4, -0.2) is 23.4 Å². The molecule has 3 rings (SSSR count). The van der Waals surface area contributed by atoms with Crippen molar-refractivity contribution in [1.29, 1.82) is 0 Å². The zero-order chi connectivity index (χ0) is 18.4. The number of ether oxygens (including phenoxy) is 1. The first kappa shape index (κ1) is 17.4. The molecule has 1 heterocycles. The van der Waals surface area contributed by atoms with E-state index in [1.807, 2.05) is 49.4 Å². The molecule has 0 spiro atoms. The van der Waals surface area contributed by atoms with Crippen LogP contribution in [0.3, 0.4) is 0 Å². The van der Waals surface area contributed by atoms with E-state index in [2.05, 4.69) is 15.8 Å². The summed E-state index contributed by atoms with van der Waals surface area (Å²) in [7, 11) is 0. The van der Waals surface area contributed by atoms with Crippen LogP contribution in [0, 0.1) is 6.92 Å². The number of hydrogen-bond acceptors (Lipinski definition) is 4. The largest absolute Gasteiger partial charge is 0.484 e. The second-order valence-electron chi connectivity index (χ2n) is 5.87. The van der Waals surface area contributed by atoms with Gasteiger partial charge < -0.3 is 4.74 Å². The van der Waals surface area contributed by atoms with Crippen molar-refractivity contribution in [1.82, 2.24) is 15.8 Å². The number of para-hydroxylation sites is 1. The Balaban J connectivity index is 1.49. The zero-order valence-corrected chi connectivity index (χ0v) is 14.4. The molecule has 6 heteroatoms. The Bertz CT molecular complexity index is 918. The van der Waals surface area contributed by atoms with Crippen molar-refractivity contribution >= 4 is 22.7 Å². The Labute approximate surface area is 151 Å². The summed E-state index contributed by atoms with van der Waals surface area (Å²) in [5.41, 5.74) is 7.43. The summed E-state index contributed by atoms with van der Waals surface area (Å²) in [4.78, 5) is 28.2. The van der Waals surface area contributed by atoms with Crippen LogP contribution in [0.1, 0.15) is 11.1 Å². The van der Waals surface area contributed by atoms with Crippen molar-refractivity contribution in [3.63, 3.8) is 0 Å². The number of fused-ring (bicyclic) bond motifs is 1. The highest BCUT2D eigenvalue weighted by Gasteiger charge is 2.09. The number of nitrogens with one attached hydrogen (secondary N) is 2. The normalized spacial score (nSPS) is 10.3. The van der Waals surface area contributed by atoms with Gasteiger partial charge in [0.25, 0.3) is 5.91 Å². The van der Waals surface area contributed by atoms with Gasteiger partial charge in [-0.1, -0.05) is 42.0 Å². The number of aryl methyl sites for hydroxylation is 1. The van der Waals surface area contributed by atoms with Crippen molar-refractivity contribution < 1.29 is 14.3 Å². The molecule has 1 aromatic heterocycles. The topological polar surface area (TPSA) is 80.3 Å². The minimum absolute atomic E-state index is 0.119. The molecule has 0 bridgehead atoms. The number of amides is 2. The number of nitrogens with zero attached hydrogens (tertiary/aromatic N) is 1. The third-order valence-electron chi connectivity index (χ3n) is 3.80. The van der Waals surface area contributed by atoms with Gasteiger partial charge in [-0.3, -0.25) is 25.4 Å². The average Bonchev–Trinajstić information content (AvgIpc) is 2.66. The van der Waals surface area contributed by atoms with E-state index in [9.17, 15) is 9.59 Å². The van der Waals surface area contributed by atoms with Crippen molar-refractivity contribution in [3.05, 3.63) is 71.9 Å². The van der Waals surface area contributed by atoms with Gasteiger partial charge in [-0.2, -0.15) is 0 Å². The minimum Gasteiger partial charge on any atom is -0.484 e. The van der Waals surface area contributed by atoms with Gasteiger partial charge in [0.1, 0.15) is 5.75 Å². The summed E-state index contributed by atoms with van der Waals surface area (Å²) >= 11 is 0. The summed E-state index contributed by atoms with van der Waals surface area (Å²) < 4.78 is 5.36. The summed E-state index contributed by atoms with van der Waals surface area (Å²) in [6.45, 7) is 1.79. The lowest BCUT2D eigenvalue weighted by Crippen LogP contribution is -2.44. The van der Waals surface area contributed by atoms with E-state index in [4.69, 9.17) is 4.74 Å². The van der Waals surface area contributed by atoms with Gasteiger partial charge in [-0.05, 0) is 30.7 Å². The van der Waals surface area contributed by atoms with E-state index in [1.54, 1.807) is 18.3 Å². The van der Waals surface area contributed by atoms with Crippen molar-refractivity contribution in [2.45, 2.75) is 13.3 Å². The highest BCUT2D eigenvalue weighted by atomic mass is 16.5. The van der Waals surface area contributed by atoms with Gasteiger partial charge in [0.2, 0.25) is 5.91 Å². The molecule has 0 saturated carbocycles. The van der Waals surface area contributed by atoms with Crippen molar-refractivity contribution in [3.8, 4) is 5.75 Å². The predicted octanol–water partition coefficient (Wildman–Crippen LogP) is 2.31. The monoisotopic (exact) mass is 349 g/mol. The molecule has 2 amide bonds. The Hall–Kier alpha value is -3.41. The maximum atomic E-state index is 12.1. The number of carbonyl (C=O) groups is 2. The summed E-state index contributed by atoms with van der Waals surface area (Å²) in [6, 6.07) is 16.8. The number of rotatable bonds is 5. The SMILES string of the molecule is Cc1ccc(OCC(=O)NNC(=O)Cc2cccc3cccnc23)cc1. The summed E-state index contributed by atoms with van der Waals surface area (Å²) in [5.74, 6) is -0.166. The average molecular weight is 349 g/mol. The summed E-state index contributed by atoms with van der Waals surface area (Å²) in [5, 5.41) is 0.966. The predicted molar refractivity (Wildman–Crippen MR) is 98.4 cm³/mol. The number of hydrogen-bond donors (Lipinski definition) is 2. The number of aromatic nitrogens is 1. The second-order valence-corrected chi connectivity index (χ2v) is 5.87. The molecule has 2 aromatic carbocycles. The molecule has 0 aliphatic rings. The number of benzene rings is 2. The fourth-order valence-electron chi connectivity index (χ4n) is 2.49. The van der Waals surface area contributed by atoms with Crippen LogP contribution >= 0.6 is 0 Å². The number of carbonyl (C=O) groups excluding carboxylic acids is 2. The molecule has 6 nitrogen and oxygen atoms in total. The van der Waals surface area contributed by atoms with Gasteiger partial charge in [0, 0.05) is 11.6 Å². The first-order valence-corrected chi connectivity index (χ1v) is 8.21. The molecule has 0 aliphatic carbocycles. The quantitative estimate of drug-likeness (QED) is 0.693. The van der Waals surface area contributed by atoms with Crippen LogP contribution in [0.5, 0.6) is 5.75 Å². The molecule has 0 aliphatic heterocycles. The molecule has 0 radical (unpaired) electrons. The van der Waals surface area contributed by atoms with Crippen LogP contribution in [0.4, 0.5) is 0 Å². The molecule has 0 atom stereocenters. The number of pyridine rings is 1. The molecule has 3 aromatic rings. The lowest BCUT2D eigenvalue weighted by molar-refractivity contribution is -0.129. The molecular formula is C20H19N3O3. The van der Waals surface area contributed by atoms with Crippen molar-refractivity contribution in [2.75, 3.05) is 6.61 Å². The lowest BCUT2D eigenvalue weighted by Gasteiger charge is -2.10. The van der Waals surface area contributed by atoms with Gasteiger partial charge in [-0.25, -0.2) is 0 Å². The lowest BCUT2D eigenvalue weighted by atomic mass is 10.1. The Kier molecular flexibility index (Phi) is 5.43. The van der Waals surface area contributed by atoms with Gasteiger partial charge in [0.05, 0.1) is 11.9 Å². The smallest absolute Gasteiger partial charge is 0.276 e. The first-order chi connectivity index (χ1) is 12.6. The molecule has 132 valence electrons. The third-order valence-corrected chi connectivity index (χ3v) is 3.80. The molecule has 0 saturated heterocycles. The van der Waals surface area contributed by atoms with Crippen LogP contribution in [0.15, 0.2) is 60.8 Å². The summed E-state index contributed by atoms with van der Waals surface area (Å²) in [6.07, 6.45) is 1.81. The van der Waals surface area contributed by atoms with E-state index in [0.29, 0.717) is 5.75 Å². The highest BCUT2D eigenvalue weighted by molar-refractivity contribution is 5.88. The standard InChI is InChI=1S/C20H19N3O3/c1-14-7-9-17(10-8-14)26-13-19(25)23-22-18(24)12-16-5-2-4-15-6-3-11-21-20(15)16/h2-11H,12-13H2,1H3,(H,22,24)(H,23,25). The second kappa shape index (κ2) is 8.11. The number of hydrazine groups is 1. The zero-order valence-electron chi connectivity index (χ0n) is 14.4. The van der Waals surface area contributed by atoms with Gasteiger partial charge in [0.15, 0.2) is 6.61 Å². The van der Waals surface area contributed by atoms with Crippen LogP contribution in [-0.2, 0) is 16.0 Å². The molecule has 0 unspecified atom stereocenters. The van der Waals surface area contributed by atoms with E-state index in [0.717, 1.165) is 22.0 Å². The maximum Gasteiger partial charge on any atom is 0.276 e. The van der Waals surface area contributed by atoms with E-state index in [-0.39, 0.29) is 18.9 Å². The van der Waals surface area contributed by atoms with E-state index >= 15 is 0 Å². The molecule has 2 N–H and O–H groups in total.